The molecule has 86 valence electrons. The Labute approximate surface area is 105 Å². The second-order valence-corrected chi connectivity index (χ2v) is 5.00. The van der Waals surface area contributed by atoms with Crippen LogP contribution in [-0.4, -0.2) is 18.3 Å². The number of hydrogen-bond acceptors (Lipinski definition) is 3. The zero-order valence-electron chi connectivity index (χ0n) is 9.52. The van der Waals surface area contributed by atoms with E-state index in [2.05, 4.69) is 52.8 Å². The summed E-state index contributed by atoms with van der Waals surface area (Å²) in [7, 11) is 0. The molecule has 0 spiro atoms. The van der Waals surface area contributed by atoms with Crippen LogP contribution in [0.2, 0.25) is 0 Å². The van der Waals surface area contributed by atoms with Crippen LogP contribution in [0.15, 0.2) is 47.5 Å². The zero-order valence-corrected chi connectivity index (χ0v) is 10.3. The van der Waals surface area contributed by atoms with Gasteiger partial charge in [-0.15, -0.1) is 0 Å². The Morgan fingerprint density at radius 1 is 1.12 bits per heavy atom. The first-order chi connectivity index (χ1) is 8.43. The standard InChI is InChI=1S/C14H14N2S/c1-2-7-13-11(4-1)5-3-6-12(13)10-17-14-15-8-9-16-14/h1-7H,8-10H2,(H,15,16). The quantitative estimate of drug-likeness (QED) is 0.875. The van der Waals surface area contributed by atoms with Crippen LogP contribution in [0.1, 0.15) is 5.56 Å². The van der Waals surface area contributed by atoms with Crippen molar-refractivity contribution in [3.63, 3.8) is 0 Å². The molecule has 0 atom stereocenters. The Balaban J connectivity index is 1.84. The molecule has 0 amide bonds. The average molecular weight is 242 g/mol. The van der Waals surface area contributed by atoms with E-state index in [1.807, 2.05) is 0 Å². The summed E-state index contributed by atoms with van der Waals surface area (Å²) in [5, 5.41) is 7.03. The highest BCUT2D eigenvalue weighted by Crippen LogP contribution is 2.23. The van der Waals surface area contributed by atoms with Crippen LogP contribution in [0.5, 0.6) is 0 Å². The molecule has 0 aromatic heterocycles. The number of nitrogens with one attached hydrogen (secondary N) is 1. The van der Waals surface area contributed by atoms with E-state index in [-0.39, 0.29) is 0 Å². The lowest BCUT2D eigenvalue weighted by molar-refractivity contribution is 0.963. The Morgan fingerprint density at radius 3 is 2.88 bits per heavy atom. The molecule has 0 aliphatic carbocycles. The summed E-state index contributed by atoms with van der Waals surface area (Å²) in [6.45, 7) is 1.90. The van der Waals surface area contributed by atoms with E-state index >= 15 is 0 Å². The minimum absolute atomic E-state index is 0.915. The van der Waals surface area contributed by atoms with Gasteiger partial charge in [-0.2, -0.15) is 0 Å². The maximum atomic E-state index is 4.40. The molecule has 1 aliphatic rings. The van der Waals surface area contributed by atoms with Crippen molar-refractivity contribution in [2.45, 2.75) is 5.75 Å². The molecule has 2 nitrogen and oxygen atoms in total. The highest BCUT2D eigenvalue weighted by molar-refractivity contribution is 8.13. The van der Waals surface area contributed by atoms with Crippen molar-refractivity contribution in [3.05, 3.63) is 48.0 Å². The topological polar surface area (TPSA) is 24.4 Å². The fourth-order valence-electron chi connectivity index (χ4n) is 2.04. The normalized spacial score (nSPS) is 14.7. The van der Waals surface area contributed by atoms with Gasteiger partial charge in [0.1, 0.15) is 0 Å². The predicted octanol–water partition coefficient (Wildman–Crippen LogP) is 3.03. The first-order valence-corrected chi connectivity index (χ1v) is 6.80. The van der Waals surface area contributed by atoms with Crippen molar-refractivity contribution in [2.75, 3.05) is 13.1 Å². The van der Waals surface area contributed by atoms with E-state index in [4.69, 9.17) is 0 Å². The van der Waals surface area contributed by atoms with E-state index < -0.39 is 0 Å². The SMILES string of the molecule is c1ccc2c(CSC3=NCCN3)cccc2c1. The van der Waals surface area contributed by atoms with Gasteiger partial charge in [0.15, 0.2) is 5.17 Å². The van der Waals surface area contributed by atoms with Gasteiger partial charge in [0.25, 0.3) is 0 Å². The molecule has 1 aliphatic heterocycles. The molecule has 3 heteroatoms. The molecule has 0 fully saturated rings. The van der Waals surface area contributed by atoms with Gasteiger partial charge in [0.05, 0.1) is 6.54 Å². The van der Waals surface area contributed by atoms with Gasteiger partial charge < -0.3 is 5.32 Å². The number of amidine groups is 1. The molecule has 2 aromatic rings. The Bertz CT molecular complexity index is 558. The van der Waals surface area contributed by atoms with Crippen LogP contribution >= 0.6 is 11.8 Å². The first kappa shape index (κ1) is 10.7. The molecular weight excluding hydrogens is 228 g/mol. The highest BCUT2D eigenvalue weighted by Gasteiger charge is 2.07. The van der Waals surface area contributed by atoms with Gasteiger partial charge in [-0.25, -0.2) is 0 Å². The van der Waals surface area contributed by atoms with Crippen LogP contribution in [0.3, 0.4) is 0 Å². The van der Waals surface area contributed by atoms with Gasteiger partial charge in [0.2, 0.25) is 0 Å². The monoisotopic (exact) mass is 242 g/mol. The summed E-state index contributed by atoms with van der Waals surface area (Å²) < 4.78 is 0. The third-order valence-electron chi connectivity index (χ3n) is 2.89. The van der Waals surface area contributed by atoms with Crippen molar-refractivity contribution in [1.82, 2.24) is 5.32 Å². The molecule has 0 saturated heterocycles. The van der Waals surface area contributed by atoms with Crippen molar-refractivity contribution in [2.24, 2.45) is 4.99 Å². The molecule has 0 unspecified atom stereocenters. The molecule has 0 saturated carbocycles. The van der Waals surface area contributed by atoms with Crippen LogP contribution in [-0.2, 0) is 5.75 Å². The van der Waals surface area contributed by atoms with E-state index in [0.29, 0.717) is 0 Å². The van der Waals surface area contributed by atoms with E-state index in [0.717, 1.165) is 24.0 Å². The zero-order chi connectivity index (χ0) is 11.5. The Hall–Kier alpha value is -1.48. The number of rotatable bonds is 2. The minimum Gasteiger partial charge on any atom is -0.363 e. The second-order valence-electron chi connectivity index (χ2n) is 4.04. The van der Waals surface area contributed by atoms with Gasteiger partial charge in [-0.3, -0.25) is 4.99 Å². The van der Waals surface area contributed by atoms with Crippen LogP contribution in [0, 0.1) is 0 Å². The molecular formula is C14H14N2S. The average Bonchev–Trinajstić information content (AvgIpc) is 2.89. The Morgan fingerprint density at radius 2 is 2.00 bits per heavy atom. The fourth-order valence-corrected chi connectivity index (χ4v) is 2.97. The summed E-state index contributed by atoms with van der Waals surface area (Å²) >= 11 is 1.79. The van der Waals surface area contributed by atoms with Gasteiger partial charge in [0, 0.05) is 12.3 Å². The number of aliphatic imine (C=N–C) groups is 1. The summed E-state index contributed by atoms with van der Waals surface area (Å²) in [6.07, 6.45) is 0. The molecule has 2 aromatic carbocycles. The number of benzene rings is 2. The summed E-state index contributed by atoms with van der Waals surface area (Å²) in [5.74, 6) is 0.979. The number of fused-ring (bicyclic) bond motifs is 1. The van der Waals surface area contributed by atoms with E-state index in [9.17, 15) is 0 Å². The van der Waals surface area contributed by atoms with Crippen molar-refractivity contribution < 1.29 is 0 Å². The van der Waals surface area contributed by atoms with Crippen molar-refractivity contribution in [1.29, 1.82) is 0 Å². The second kappa shape index (κ2) is 4.80. The maximum absolute atomic E-state index is 4.40. The lowest BCUT2D eigenvalue weighted by Crippen LogP contribution is -2.15. The third-order valence-corrected chi connectivity index (χ3v) is 3.89. The molecule has 0 radical (unpaired) electrons. The lowest BCUT2D eigenvalue weighted by Gasteiger charge is -2.06. The molecule has 3 rings (SSSR count). The molecule has 17 heavy (non-hydrogen) atoms. The third kappa shape index (κ3) is 2.29. The van der Waals surface area contributed by atoms with E-state index in [1.54, 1.807) is 11.8 Å². The molecule has 1 N–H and O–H groups in total. The van der Waals surface area contributed by atoms with Crippen LogP contribution in [0.25, 0.3) is 10.8 Å². The van der Waals surface area contributed by atoms with E-state index in [1.165, 1.54) is 16.3 Å². The summed E-state index contributed by atoms with van der Waals surface area (Å²) in [6, 6.07) is 15.0. The van der Waals surface area contributed by atoms with Gasteiger partial charge in [-0.05, 0) is 16.3 Å². The Kier molecular flexibility index (Phi) is 3.01. The molecule has 0 bridgehead atoms. The fraction of sp³-hybridized carbons (Fsp3) is 0.214. The predicted molar refractivity (Wildman–Crippen MR) is 75.5 cm³/mol. The smallest absolute Gasteiger partial charge is 0.157 e. The van der Waals surface area contributed by atoms with Crippen molar-refractivity contribution in [3.8, 4) is 0 Å². The number of hydrogen-bond donors (Lipinski definition) is 1. The van der Waals surface area contributed by atoms with Gasteiger partial charge in [-0.1, -0.05) is 54.2 Å². The van der Waals surface area contributed by atoms with Gasteiger partial charge >= 0.3 is 0 Å². The number of nitrogens with zero attached hydrogens (tertiary/aromatic N) is 1. The van der Waals surface area contributed by atoms with Crippen LogP contribution < -0.4 is 5.32 Å². The first-order valence-electron chi connectivity index (χ1n) is 5.81. The highest BCUT2D eigenvalue weighted by atomic mass is 32.2. The van der Waals surface area contributed by atoms with Crippen LogP contribution in [0.4, 0.5) is 0 Å². The summed E-state index contributed by atoms with van der Waals surface area (Å²) in [4.78, 5) is 4.40. The summed E-state index contributed by atoms with van der Waals surface area (Å²) in [5.41, 5.74) is 1.38. The lowest BCUT2D eigenvalue weighted by atomic mass is 10.1. The minimum atomic E-state index is 0.915. The van der Waals surface area contributed by atoms with Crippen molar-refractivity contribution >= 4 is 27.7 Å². The number of thioether (sulfide) groups is 1. The molecule has 1 heterocycles. The maximum Gasteiger partial charge on any atom is 0.157 e. The largest absolute Gasteiger partial charge is 0.363 e.